The highest BCUT2D eigenvalue weighted by atomic mass is 32.2. The van der Waals surface area contributed by atoms with Crippen molar-refractivity contribution >= 4 is 23.6 Å². The second-order valence-corrected chi connectivity index (χ2v) is 5.11. The van der Waals surface area contributed by atoms with Crippen LogP contribution in [0.25, 0.3) is 0 Å². The fraction of sp³-hybridized carbons (Fsp3) is 0.818. The third kappa shape index (κ3) is 5.24. The minimum Gasteiger partial charge on any atom is -0.481 e. The summed E-state index contributed by atoms with van der Waals surface area (Å²) >= 11 is 1.68. The van der Waals surface area contributed by atoms with Gasteiger partial charge in [-0.25, -0.2) is 0 Å². The summed E-state index contributed by atoms with van der Waals surface area (Å²) in [5.41, 5.74) is 0. The Balaban J connectivity index is 2.39. The van der Waals surface area contributed by atoms with Crippen LogP contribution >= 0.6 is 11.8 Å². The Morgan fingerprint density at radius 1 is 1.44 bits per heavy atom. The maximum atomic E-state index is 11.9. The number of hydrogen-bond acceptors (Lipinski definition) is 5. The quantitative estimate of drug-likeness (QED) is 0.664. The van der Waals surface area contributed by atoms with Gasteiger partial charge in [-0.1, -0.05) is 0 Å². The zero-order valence-electron chi connectivity index (χ0n) is 10.5. The largest absolute Gasteiger partial charge is 0.481 e. The van der Waals surface area contributed by atoms with Crippen molar-refractivity contribution in [1.82, 2.24) is 4.90 Å². The van der Waals surface area contributed by atoms with Gasteiger partial charge in [-0.3, -0.25) is 9.59 Å². The lowest BCUT2D eigenvalue weighted by Gasteiger charge is -2.34. The summed E-state index contributed by atoms with van der Waals surface area (Å²) in [6.07, 6.45) is -0.00316. The molecule has 0 aromatic carbocycles. The molecule has 1 N–H and O–H groups in total. The molecule has 1 aliphatic heterocycles. The first kappa shape index (κ1) is 15.3. The molecule has 0 aromatic rings. The molecular weight excluding hydrogens is 258 g/mol. The Labute approximate surface area is 111 Å². The van der Waals surface area contributed by atoms with Crippen molar-refractivity contribution in [2.24, 2.45) is 0 Å². The topological polar surface area (TPSA) is 76.1 Å². The van der Waals surface area contributed by atoms with Crippen LogP contribution in [0, 0.1) is 0 Å². The smallest absolute Gasteiger partial charge is 0.305 e. The van der Waals surface area contributed by atoms with E-state index in [1.807, 2.05) is 0 Å². The van der Waals surface area contributed by atoms with Crippen LogP contribution in [0.2, 0.25) is 0 Å². The van der Waals surface area contributed by atoms with E-state index in [-0.39, 0.29) is 25.0 Å². The molecule has 1 unspecified atom stereocenters. The minimum absolute atomic E-state index is 0.00316. The number of amides is 1. The summed E-state index contributed by atoms with van der Waals surface area (Å²) in [5, 5.41) is 8.82. The molecule has 1 amide bonds. The number of carboxylic acids is 1. The zero-order valence-corrected chi connectivity index (χ0v) is 11.3. The Bertz CT molecular complexity index is 287. The maximum Gasteiger partial charge on any atom is 0.305 e. The molecule has 0 radical (unpaired) electrons. The number of methoxy groups -OCH3 is 1. The highest BCUT2D eigenvalue weighted by Crippen LogP contribution is 2.19. The van der Waals surface area contributed by atoms with Crippen molar-refractivity contribution in [2.75, 3.05) is 45.0 Å². The van der Waals surface area contributed by atoms with Gasteiger partial charge in [0.15, 0.2) is 0 Å². The third-order valence-corrected chi connectivity index (χ3v) is 3.71. The highest BCUT2D eigenvalue weighted by Gasteiger charge is 2.28. The van der Waals surface area contributed by atoms with E-state index in [2.05, 4.69) is 0 Å². The van der Waals surface area contributed by atoms with Gasteiger partial charge in [-0.2, -0.15) is 11.8 Å². The van der Waals surface area contributed by atoms with Crippen molar-refractivity contribution in [1.29, 1.82) is 0 Å². The predicted octanol–water partition coefficient (Wildman–Crippen LogP) is 0.0681. The van der Waals surface area contributed by atoms with Gasteiger partial charge < -0.3 is 19.5 Å². The number of ether oxygens (including phenoxy) is 2. The van der Waals surface area contributed by atoms with Gasteiger partial charge in [-0.15, -0.1) is 0 Å². The number of carbonyl (C=O) groups excluding carboxylic acids is 1. The lowest BCUT2D eigenvalue weighted by Crippen LogP contribution is -2.48. The number of rotatable bonds is 7. The van der Waals surface area contributed by atoms with E-state index in [1.54, 1.807) is 23.8 Å². The first-order valence-corrected chi connectivity index (χ1v) is 6.96. The molecule has 1 saturated heterocycles. The van der Waals surface area contributed by atoms with E-state index in [0.717, 1.165) is 5.75 Å². The molecule has 0 aromatic heterocycles. The zero-order chi connectivity index (χ0) is 13.4. The molecule has 104 valence electrons. The monoisotopic (exact) mass is 277 g/mol. The molecule has 1 rings (SSSR count). The first-order valence-electron chi connectivity index (χ1n) is 5.81. The summed E-state index contributed by atoms with van der Waals surface area (Å²) in [5.74, 6) is 0.508. The van der Waals surface area contributed by atoms with E-state index in [0.29, 0.717) is 25.5 Å². The van der Waals surface area contributed by atoms with Gasteiger partial charge in [0.1, 0.15) is 6.61 Å². The summed E-state index contributed by atoms with van der Waals surface area (Å²) < 4.78 is 9.98. The van der Waals surface area contributed by atoms with Gasteiger partial charge in [0.05, 0.1) is 25.7 Å². The average Bonchev–Trinajstić information content (AvgIpc) is 2.34. The Kier molecular flexibility index (Phi) is 7.07. The van der Waals surface area contributed by atoms with Crippen molar-refractivity contribution in [3.63, 3.8) is 0 Å². The molecular formula is C11H19NO5S. The number of nitrogens with zero attached hydrogens (tertiary/aromatic N) is 1. The Morgan fingerprint density at radius 3 is 2.89 bits per heavy atom. The fourth-order valence-electron chi connectivity index (χ4n) is 1.74. The van der Waals surface area contributed by atoms with Gasteiger partial charge >= 0.3 is 5.97 Å². The van der Waals surface area contributed by atoms with Crippen LogP contribution < -0.4 is 0 Å². The van der Waals surface area contributed by atoms with E-state index < -0.39 is 5.97 Å². The molecule has 7 heteroatoms. The van der Waals surface area contributed by atoms with Crippen LogP contribution in [0.5, 0.6) is 0 Å². The van der Waals surface area contributed by atoms with Crippen LogP contribution in [0.15, 0.2) is 0 Å². The number of thioether (sulfide) groups is 1. The molecule has 1 aliphatic rings. The molecule has 18 heavy (non-hydrogen) atoms. The van der Waals surface area contributed by atoms with Gasteiger partial charge in [0, 0.05) is 25.2 Å². The molecule has 0 spiro atoms. The van der Waals surface area contributed by atoms with Crippen molar-refractivity contribution in [3.8, 4) is 0 Å². The molecule has 0 aliphatic carbocycles. The van der Waals surface area contributed by atoms with E-state index in [9.17, 15) is 9.59 Å². The van der Waals surface area contributed by atoms with Crippen molar-refractivity contribution in [3.05, 3.63) is 0 Å². The van der Waals surface area contributed by atoms with Gasteiger partial charge in [0.2, 0.25) is 5.91 Å². The predicted molar refractivity (Wildman–Crippen MR) is 67.8 cm³/mol. The van der Waals surface area contributed by atoms with Gasteiger partial charge in [0.25, 0.3) is 0 Å². The van der Waals surface area contributed by atoms with E-state index in [4.69, 9.17) is 14.6 Å². The fourth-order valence-corrected chi connectivity index (χ4v) is 2.80. The molecule has 1 atom stereocenters. The Hall–Kier alpha value is -0.790. The minimum atomic E-state index is -0.874. The molecule has 1 heterocycles. The second-order valence-electron chi connectivity index (χ2n) is 3.96. The number of carboxylic acid groups (broad SMARTS) is 1. The first-order chi connectivity index (χ1) is 8.65. The van der Waals surface area contributed by atoms with Crippen LogP contribution in [0.3, 0.4) is 0 Å². The highest BCUT2D eigenvalue weighted by molar-refractivity contribution is 7.99. The standard InChI is InChI=1S/C11H19NO5S/c1-16-3-4-17-7-10(13)12-2-5-18-8-9(12)6-11(14)15/h9H,2-8H2,1H3,(H,14,15). The number of aliphatic carboxylic acids is 1. The summed E-state index contributed by atoms with van der Waals surface area (Å²) in [4.78, 5) is 24.3. The number of carbonyl (C=O) groups is 2. The van der Waals surface area contributed by atoms with Crippen LogP contribution in [-0.4, -0.2) is 72.9 Å². The van der Waals surface area contributed by atoms with E-state index in [1.165, 1.54) is 0 Å². The van der Waals surface area contributed by atoms with E-state index >= 15 is 0 Å². The maximum absolute atomic E-state index is 11.9. The van der Waals surface area contributed by atoms with Crippen LogP contribution in [0.1, 0.15) is 6.42 Å². The third-order valence-electron chi connectivity index (χ3n) is 2.62. The number of hydrogen-bond donors (Lipinski definition) is 1. The van der Waals surface area contributed by atoms with Crippen molar-refractivity contribution in [2.45, 2.75) is 12.5 Å². The summed E-state index contributed by atoms with van der Waals surface area (Å²) in [6, 6.07) is -0.222. The van der Waals surface area contributed by atoms with Crippen molar-refractivity contribution < 1.29 is 24.2 Å². The SMILES string of the molecule is COCCOCC(=O)N1CCSCC1CC(=O)O. The molecule has 0 saturated carbocycles. The summed E-state index contributed by atoms with van der Waals surface area (Å²) in [7, 11) is 1.57. The lowest BCUT2D eigenvalue weighted by atomic mass is 10.2. The summed E-state index contributed by atoms with van der Waals surface area (Å²) in [6.45, 7) is 1.40. The molecule has 1 fully saturated rings. The molecule has 0 bridgehead atoms. The second kappa shape index (κ2) is 8.34. The lowest BCUT2D eigenvalue weighted by molar-refractivity contribution is -0.142. The average molecular weight is 277 g/mol. The van der Waals surface area contributed by atoms with Crippen LogP contribution in [-0.2, 0) is 19.1 Å². The normalized spacial score (nSPS) is 19.8. The molecule has 6 nitrogen and oxygen atoms in total. The Morgan fingerprint density at radius 2 is 2.22 bits per heavy atom. The van der Waals surface area contributed by atoms with Crippen LogP contribution in [0.4, 0.5) is 0 Å². The van der Waals surface area contributed by atoms with Gasteiger partial charge in [-0.05, 0) is 0 Å².